The number of aryl methyl sites for hydroxylation is 1. The highest BCUT2D eigenvalue weighted by Crippen LogP contribution is 2.28. The van der Waals surface area contributed by atoms with Crippen LogP contribution in [0.15, 0.2) is 42.5 Å². The maximum Gasteiger partial charge on any atom is 0.161 e. The number of aliphatic hydroxyl groups is 1. The van der Waals surface area contributed by atoms with E-state index in [4.69, 9.17) is 18.9 Å². The van der Waals surface area contributed by atoms with Crippen LogP contribution < -0.4 is 14.2 Å². The lowest BCUT2D eigenvalue weighted by Gasteiger charge is -2.31. The van der Waals surface area contributed by atoms with Crippen LogP contribution in [-0.2, 0) is 11.3 Å². The lowest BCUT2D eigenvalue weighted by Crippen LogP contribution is -2.43. The molecule has 3 rings (SSSR count). The third-order valence-corrected chi connectivity index (χ3v) is 5.68. The number of hydrogen-bond acceptors (Lipinski definition) is 7. The molecule has 0 radical (unpaired) electrons. The van der Waals surface area contributed by atoms with E-state index in [1.165, 1.54) is 0 Å². The van der Waals surface area contributed by atoms with Crippen LogP contribution in [0.1, 0.15) is 11.1 Å². The van der Waals surface area contributed by atoms with Crippen molar-refractivity contribution in [2.45, 2.75) is 19.6 Å². The zero-order valence-electron chi connectivity index (χ0n) is 19.5. The maximum atomic E-state index is 10.7. The van der Waals surface area contributed by atoms with Gasteiger partial charge >= 0.3 is 0 Å². The Hall–Kier alpha value is -2.32. The minimum Gasteiger partial charge on any atom is -0.493 e. The van der Waals surface area contributed by atoms with Gasteiger partial charge in [0.15, 0.2) is 11.5 Å². The minimum absolute atomic E-state index is 0.255. The number of nitrogens with zero attached hydrogens (tertiary/aromatic N) is 2. The fourth-order valence-electron chi connectivity index (χ4n) is 3.83. The molecule has 2 aromatic carbocycles. The molecule has 0 aromatic heterocycles. The molecule has 0 saturated carbocycles. The van der Waals surface area contributed by atoms with Gasteiger partial charge in [0.25, 0.3) is 0 Å². The van der Waals surface area contributed by atoms with Crippen molar-refractivity contribution in [2.75, 3.05) is 66.8 Å². The van der Waals surface area contributed by atoms with E-state index in [0.717, 1.165) is 56.3 Å². The van der Waals surface area contributed by atoms with Gasteiger partial charge in [0.2, 0.25) is 0 Å². The Balaban J connectivity index is 1.62. The van der Waals surface area contributed by atoms with Gasteiger partial charge in [-0.1, -0.05) is 24.3 Å². The van der Waals surface area contributed by atoms with Gasteiger partial charge in [0, 0.05) is 39.3 Å². The molecule has 1 aliphatic heterocycles. The summed E-state index contributed by atoms with van der Waals surface area (Å²) in [6, 6.07) is 13.8. The number of aliphatic hydroxyl groups excluding tert-OH is 1. The fraction of sp³-hybridized carbons (Fsp3) is 0.520. The van der Waals surface area contributed by atoms with E-state index >= 15 is 0 Å². The Morgan fingerprint density at radius 1 is 1.03 bits per heavy atom. The number of para-hydroxylation sites is 1. The van der Waals surface area contributed by atoms with Gasteiger partial charge in [-0.15, -0.1) is 0 Å². The van der Waals surface area contributed by atoms with E-state index in [0.29, 0.717) is 24.6 Å². The van der Waals surface area contributed by atoms with Crippen LogP contribution >= 0.6 is 0 Å². The molecule has 2 aromatic rings. The van der Waals surface area contributed by atoms with Crippen LogP contribution in [0.5, 0.6) is 17.2 Å². The predicted molar refractivity (Wildman–Crippen MR) is 125 cm³/mol. The number of ether oxygens (including phenoxy) is 4. The summed E-state index contributed by atoms with van der Waals surface area (Å²) >= 11 is 0. The first-order chi connectivity index (χ1) is 15.6. The molecule has 1 heterocycles. The molecule has 1 saturated heterocycles. The lowest BCUT2D eigenvalue weighted by atomic mass is 10.1. The second kappa shape index (κ2) is 12.6. The Morgan fingerprint density at radius 2 is 1.78 bits per heavy atom. The molecule has 1 N–H and O–H groups in total. The van der Waals surface area contributed by atoms with Gasteiger partial charge in [0.05, 0.1) is 27.4 Å². The first-order valence-corrected chi connectivity index (χ1v) is 11.2. The molecule has 1 fully saturated rings. The quantitative estimate of drug-likeness (QED) is 0.540. The molecule has 7 heteroatoms. The number of hydrogen-bond donors (Lipinski definition) is 1. The summed E-state index contributed by atoms with van der Waals surface area (Å²) in [6.07, 6.45) is -0.598. The van der Waals surface area contributed by atoms with Crippen molar-refractivity contribution in [3.05, 3.63) is 53.6 Å². The van der Waals surface area contributed by atoms with E-state index in [9.17, 15) is 5.11 Å². The largest absolute Gasteiger partial charge is 0.493 e. The summed E-state index contributed by atoms with van der Waals surface area (Å²) in [4.78, 5) is 4.67. The molecule has 0 bridgehead atoms. The Bertz CT molecular complexity index is 826. The highest BCUT2D eigenvalue weighted by Gasteiger charge is 2.17. The van der Waals surface area contributed by atoms with Crippen LogP contribution in [-0.4, -0.2) is 87.8 Å². The van der Waals surface area contributed by atoms with E-state index in [1.807, 2.05) is 49.4 Å². The monoisotopic (exact) mass is 444 g/mol. The average molecular weight is 445 g/mol. The summed E-state index contributed by atoms with van der Waals surface area (Å²) in [5, 5.41) is 10.7. The van der Waals surface area contributed by atoms with Gasteiger partial charge in [-0.05, 0) is 36.2 Å². The molecular formula is C25H36N2O5. The molecule has 1 aliphatic rings. The second-order valence-corrected chi connectivity index (χ2v) is 8.11. The number of rotatable bonds is 12. The summed E-state index contributed by atoms with van der Waals surface area (Å²) in [6.45, 7) is 8.71. The van der Waals surface area contributed by atoms with Crippen LogP contribution in [0.25, 0.3) is 0 Å². The third kappa shape index (κ3) is 7.38. The van der Waals surface area contributed by atoms with Gasteiger partial charge in [-0.2, -0.15) is 0 Å². The summed E-state index contributed by atoms with van der Waals surface area (Å²) in [5.41, 5.74) is 2.17. The lowest BCUT2D eigenvalue weighted by molar-refractivity contribution is 0.0255. The van der Waals surface area contributed by atoms with Crippen molar-refractivity contribution in [3.8, 4) is 17.2 Å². The first-order valence-electron chi connectivity index (χ1n) is 11.2. The first kappa shape index (κ1) is 24.3. The van der Waals surface area contributed by atoms with E-state index in [2.05, 4.69) is 9.80 Å². The predicted octanol–water partition coefficient (Wildman–Crippen LogP) is 2.59. The van der Waals surface area contributed by atoms with Gasteiger partial charge < -0.3 is 24.1 Å². The molecule has 0 aliphatic carbocycles. The highest BCUT2D eigenvalue weighted by molar-refractivity contribution is 5.42. The van der Waals surface area contributed by atoms with Crippen molar-refractivity contribution < 1.29 is 24.1 Å². The molecule has 0 unspecified atom stereocenters. The summed E-state index contributed by atoms with van der Waals surface area (Å²) < 4.78 is 22.1. The Morgan fingerprint density at radius 3 is 2.50 bits per heavy atom. The standard InChI is InChI=1S/C25H36N2O5/c1-20-6-4-5-7-23(20)32-19-22(28)18-27(11-10-26-12-14-31-15-13-26)17-21-8-9-24(29-2)25(16-21)30-3/h4-9,16,22,28H,10-15,17-19H2,1-3H3/t22-/m0/s1. The van der Waals surface area contributed by atoms with Crippen molar-refractivity contribution in [1.29, 1.82) is 0 Å². The molecule has 7 nitrogen and oxygen atoms in total. The van der Waals surface area contributed by atoms with Crippen molar-refractivity contribution in [1.82, 2.24) is 9.80 Å². The second-order valence-electron chi connectivity index (χ2n) is 8.11. The molecule has 1 atom stereocenters. The number of methoxy groups -OCH3 is 2. The summed E-state index contributed by atoms with van der Waals surface area (Å²) in [5.74, 6) is 2.23. The van der Waals surface area contributed by atoms with Crippen LogP contribution in [0.2, 0.25) is 0 Å². The normalized spacial score (nSPS) is 15.5. The van der Waals surface area contributed by atoms with Gasteiger partial charge in [-0.3, -0.25) is 9.80 Å². The Labute approximate surface area is 191 Å². The van der Waals surface area contributed by atoms with E-state index in [-0.39, 0.29) is 6.61 Å². The zero-order chi connectivity index (χ0) is 22.8. The van der Waals surface area contributed by atoms with Crippen molar-refractivity contribution >= 4 is 0 Å². The molecule has 0 spiro atoms. The number of benzene rings is 2. The molecule has 0 amide bonds. The number of morpholine rings is 1. The SMILES string of the molecule is COc1ccc(CN(CCN2CCOCC2)C[C@H](O)COc2ccccc2C)cc1OC. The minimum atomic E-state index is -0.598. The van der Waals surface area contributed by atoms with Crippen molar-refractivity contribution in [2.24, 2.45) is 0 Å². The van der Waals surface area contributed by atoms with Crippen molar-refractivity contribution in [3.63, 3.8) is 0 Å². The smallest absolute Gasteiger partial charge is 0.161 e. The zero-order valence-corrected chi connectivity index (χ0v) is 19.5. The van der Waals surface area contributed by atoms with E-state index < -0.39 is 6.10 Å². The maximum absolute atomic E-state index is 10.7. The average Bonchev–Trinajstić information content (AvgIpc) is 2.82. The topological polar surface area (TPSA) is 63.6 Å². The van der Waals surface area contributed by atoms with Gasteiger partial charge in [0.1, 0.15) is 18.5 Å². The summed E-state index contributed by atoms with van der Waals surface area (Å²) in [7, 11) is 3.28. The fourth-order valence-corrected chi connectivity index (χ4v) is 3.83. The van der Waals surface area contributed by atoms with Crippen LogP contribution in [0.4, 0.5) is 0 Å². The Kier molecular flexibility index (Phi) is 9.62. The third-order valence-electron chi connectivity index (χ3n) is 5.68. The molecular weight excluding hydrogens is 408 g/mol. The molecule has 32 heavy (non-hydrogen) atoms. The van der Waals surface area contributed by atoms with Gasteiger partial charge in [-0.25, -0.2) is 0 Å². The van der Waals surface area contributed by atoms with Crippen LogP contribution in [0, 0.1) is 6.92 Å². The highest BCUT2D eigenvalue weighted by atomic mass is 16.5. The van der Waals surface area contributed by atoms with Crippen LogP contribution in [0.3, 0.4) is 0 Å². The molecule has 176 valence electrons. The van der Waals surface area contributed by atoms with E-state index in [1.54, 1.807) is 14.2 Å².